The molecule has 1 aromatic carbocycles. The minimum atomic E-state index is -5.62. The quantitative estimate of drug-likeness (QED) is 0.514. The Morgan fingerprint density at radius 1 is 1.31 bits per heavy atom. The van der Waals surface area contributed by atoms with Gasteiger partial charge >= 0.3 is 15.6 Å². The number of benzene rings is 1. The van der Waals surface area contributed by atoms with Crippen LogP contribution in [0.1, 0.15) is 24.5 Å². The lowest BCUT2D eigenvalue weighted by molar-refractivity contribution is -0.160. The van der Waals surface area contributed by atoms with Crippen LogP contribution in [-0.2, 0) is 40.6 Å². The van der Waals surface area contributed by atoms with Crippen molar-refractivity contribution in [1.29, 1.82) is 0 Å². The van der Waals surface area contributed by atoms with Crippen LogP contribution in [0.15, 0.2) is 30.8 Å². The van der Waals surface area contributed by atoms with Crippen molar-refractivity contribution in [2.75, 3.05) is 26.4 Å². The Bertz CT molecular complexity index is 923. The molecular formula is C17H23F2NO7S2. The highest BCUT2D eigenvalue weighted by molar-refractivity contribution is 8.03. The molecule has 1 aromatic rings. The Balaban J connectivity index is 1.94. The second-order valence-corrected chi connectivity index (χ2v) is 10.1. The predicted molar refractivity (Wildman–Crippen MR) is 102 cm³/mol. The number of ether oxygens (including phenoxy) is 2. The van der Waals surface area contributed by atoms with Crippen molar-refractivity contribution in [1.82, 2.24) is 4.13 Å². The fraction of sp³-hybridized carbons (Fsp3) is 0.529. The molecule has 0 atom stereocenters. The maximum atomic E-state index is 14.1. The summed E-state index contributed by atoms with van der Waals surface area (Å²) in [6.45, 7) is 3.87. The van der Waals surface area contributed by atoms with Crippen molar-refractivity contribution < 1.29 is 39.3 Å². The van der Waals surface area contributed by atoms with Gasteiger partial charge in [-0.3, -0.25) is 4.18 Å². The van der Waals surface area contributed by atoms with Crippen molar-refractivity contribution in [2.45, 2.75) is 25.2 Å². The van der Waals surface area contributed by atoms with E-state index in [0.29, 0.717) is 30.8 Å². The summed E-state index contributed by atoms with van der Waals surface area (Å²) in [6.07, 6.45) is 2.12. The fourth-order valence-electron chi connectivity index (χ4n) is 2.42. The van der Waals surface area contributed by atoms with Gasteiger partial charge in [0.15, 0.2) is 0 Å². The van der Waals surface area contributed by atoms with Gasteiger partial charge in [0.05, 0.1) is 26.4 Å². The normalized spacial score (nSPS) is 16.9. The van der Waals surface area contributed by atoms with Crippen LogP contribution >= 0.6 is 0 Å². The van der Waals surface area contributed by atoms with E-state index < -0.39 is 44.2 Å². The fourth-order valence-corrected chi connectivity index (χ4v) is 4.70. The molecule has 0 saturated carbocycles. The van der Waals surface area contributed by atoms with Gasteiger partial charge in [0.2, 0.25) is 0 Å². The van der Waals surface area contributed by atoms with E-state index in [1.165, 1.54) is 12.1 Å². The van der Waals surface area contributed by atoms with E-state index in [9.17, 15) is 25.6 Å². The van der Waals surface area contributed by atoms with Crippen molar-refractivity contribution in [3.05, 3.63) is 42.0 Å². The molecule has 0 aliphatic carbocycles. The van der Waals surface area contributed by atoms with E-state index in [1.54, 1.807) is 18.2 Å². The van der Waals surface area contributed by atoms with E-state index in [0.717, 1.165) is 4.13 Å². The monoisotopic (exact) mass is 455 g/mol. The number of hydrogen-bond acceptors (Lipinski definition) is 7. The molecule has 0 unspecified atom stereocenters. The molecule has 0 spiro atoms. The van der Waals surface area contributed by atoms with E-state index in [1.807, 2.05) is 6.92 Å². The van der Waals surface area contributed by atoms with Gasteiger partial charge in [-0.15, -0.1) is 0 Å². The zero-order valence-electron chi connectivity index (χ0n) is 15.8. The first-order valence-corrected chi connectivity index (χ1v) is 11.5. The van der Waals surface area contributed by atoms with Gasteiger partial charge < -0.3 is 9.47 Å². The van der Waals surface area contributed by atoms with Crippen LogP contribution in [0.2, 0.25) is 0 Å². The molecule has 12 heteroatoms. The van der Waals surface area contributed by atoms with Crippen LogP contribution in [0, 0.1) is 5.41 Å². The maximum absolute atomic E-state index is 14.1. The van der Waals surface area contributed by atoms with Gasteiger partial charge in [0.25, 0.3) is 10.0 Å². The summed E-state index contributed by atoms with van der Waals surface area (Å²) in [5.41, 5.74) is 0.630. The first kappa shape index (κ1) is 23.8. The average Bonchev–Trinajstić information content (AvgIpc) is 2.61. The zero-order chi connectivity index (χ0) is 21.8. The minimum absolute atomic E-state index is 0.127. The number of halogens is 2. The molecule has 164 valence electrons. The Kier molecular flexibility index (Phi) is 7.52. The molecule has 2 rings (SSSR count). The van der Waals surface area contributed by atoms with Crippen molar-refractivity contribution >= 4 is 26.4 Å². The lowest BCUT2D eigenvalue weighted by Gasteiger charge is -2.40. The Labute approximate surface area is 169 Å². The highest BCUT2D eigenvalue weighted by Crippen LogP contribution is 2.32. The van der Waals surface area contributed by atoms with Crippen LogP contribution in [0.3, 0.4) is 0 Å². The highest BCUT2D eigenvalue weighted by atomic mass is 32.3. The Morgan fingerprint density at radius 3 is 2.55 bits per heavy atom. The minimum Gasteiger partial charge on any atom is -0.380 e. The van der Waals surface area contributed by atoms with Crippen LogP contribution in [0.5, 0.6) is 0 Å². The standard InChI is InChI=1S/C17H23F2NO7S2/c1-3-14-6-5-7-15(8-14)9-27-29(23,24)20-28(21,22)17(18,19)13-26-12-16(4-2)10-25-11-16/h3,5-8,20H,1,4,9-13H2,2H3. The summed E-state index contributed by atoms with van der Waals surface area (Å²) in [7, 11) is -10.6. The summed E-state index contributed by atoms with van der Waals surface area (Å²) in [4.78, 5) is 0. The third-order valence-corrected chi connectivity index (χ3v) is 7.44. The number of alkyl halides is 2. The molecular weight excluding hydrogens is 432 g/mol. The molecule has 1 aliphatic heterocycles. The Hall–Kier alpha value is -1.44. The van der Waals surface area contributed by atoms with Crippen LogP contribution in [-0.4, -0.2) is 48.5 Å². The molecule has 1 saturated heterocycles. The van der Waals surface area contributed by atoms with Gasteiger partial charge in [-0.1, -0.05) is 41.9 Å². The SMILES string of the molecule is C=Cc1cccc(COS(=O)(=O)NS(=O)(=O)C(F)(F)COCC2(CC)COC2)c1. The zero-order valence-corrected chi connectivity index (χ0v) is 17.4. The molecule has 8 nitrogen and oxygen atoms in total. The van der Waals surface area contributed by atoms with Gasteiger partial charge in [0, 0.05) is 5.41 Å². The third-order valence-electron chi connectivity index (χ3n) is 4.42. The molecule has 1 fully saturated rings. The van der Waals surface area contributed by atoms with E-state index in [-0.39, 0.29) is 6.61 Å². The van der Waals surface area contributed by atoms with Crippen LogP contribution in [0.4, 0.5) is 8.78 Å². The van der Waals surface area contributed by atoms with Crippen molar-refractivity contribution in [2.24, 2.45) is 5.41 Å². The summed E-state index contributed by atoms with van der Waals surface area (Å²) < 4.78 is 90.8. The molecule has 0 amide bonds. The summed E-state index contributed by atoms with van der Waals surface area (Å²) in [6, 6.07) is 6.38. The molecule has 0 aromatic heterocycles. The topological polar surface area (TPSA) is 108 Å². The molecule has 29 heavy (non-hydrogen) atoms. The lowest BCUT2D eigenvalue weighted by Crippen LogP contribution is -2.49. The van der Waals surface area contributed by atoms with Crippen molar-refractivity contribution in [3.63, 3.8) is 0 Å². The summed E-state index contributed by atoms with van der Waals surface area (Å²) in [5, 5.41) is -4.48. The molecule has 1 aliphatic rings. The van der Waals surface area contributed by atoms with E-state index in [4.69, 9.17) is 9.47 Å². The lowest BCUT2D eigenvalue weighted by atomic mass is 9.84. The van der Waals surface area contributed by atoms with Crippen molar-refractivity contribution in [3.8, 4) is 0 Å². The molecule has 0 radical (unpaired) electrons. The molecule has 0 bridgehead atoms. The summed E-state index contributed by atoms with van der Waals surface area (Å²) in [5.74, 6) is 0. The Morgan fingerprint density at radius 2 is 2.00 bits per heavy atom. The smallest absolute Gasteiger partial charge is 0.380 e. The molecule has 1 N–H and O–H groups in total. The van der Waals surface area contributed by atoms with E-state index in [2.05, 4.69) is 10.8 Å². The van der Waals surface area contributed by atoms with Gasteiger partial charge in [-0.2, -0.15) is 17.2 Å². The average molecular weight is 456 g/mol. The van der Waals surface area contributed by atoms with Crippen LogP contribution < -0.4 is 4.13 Å². The first-order valence-electron chi connectivity index (χ1n) is 8.61. The largest absolute Gasteiger partial charge is 0.382 e. The number of nitrogens with one attached hydrogen (secondary N) is 1. The van der Waals surface area contributed by atoms with Gasteiger partial charge in [-0.25, -0.2) is 8.42 Å². The number of sulfonamides is 1. The second kappa shape index (κ2) is 9.14. The summed E-state index contributed by atoms with van der Waals surface area (Å²) >= 11 is 0. The maximum Gasteiger partial charge on any atom is 0.382 e. The number of rotatable bonds is 12. The van der Waals surface area contributed by atoms with Gasteiger partial charge in [0.1, 0.15) is 6.61 Å². The highest BCUT2D eigenvalue weighted by Gasteiger charge is 2.49. The third kappa shape index (κ3) is 6.27. The number of hydrogen-bond donors (Lipinski definition) is 1. The van der Waals surface area contributed by atoms with Crippen LogP contribution in [0.25, 0.3) is 6.08 Å². The molecule has 1 heterocycles. The first-order chi connectivity index (χ1) is 13.4. The van der Waals surface area contributed by atoms with E-state index >= 15 is 0 Å². The predicted octanol–water partition coefficient (Wildman–Crippen LogP) is 2.05. The van der Waals surface area contributed by atoms with Gasteiger partial charge in [-0.05, 0) is 23.6 Å². The second-order valence-electron chi connectivity index (χ2n) is 6.73.